The molecular formula is C23H29N7O4S. The second-order valence-electron chi connectivity index (χ2n) is 9.16. The molecule has 186 valence electrons. The van der Waals surface area contributed by atoms with Crippen molar-refractivity contribution >= 4 is 55.7 Å². The van der Waals surface area contributed by atoms with E-state index in [4.69, 9.17) is 4.74 Å². The highest BCUT2D eigenvalue weighted by Crippen LogP contribution is 2.37. The minimum Gasteiger partial charge on any atom is -0.378 e. The number of carbonyl (C=O) groups excluding carboxylic acids is 1. The van der Waals surface area contributed by atoms with Crippen LogP contribution in [0.3, 0.4) is 0 Å². The van der Waals surface area contributed by atoms with Crippen LogP contribution in [0.25, 0.3) is 11.2 Å². The molecule has 3 N–H and O–H groups in total. The lowest BCUT2D eigenvalue weighted by Crippen LogP contribution is -2.51. The Kier molecular flexibility index (Phi) is 5.80. The van der Waals surface area contributed by atoms with Crippen molar-refractivity contribution in [2.24, 2.45) is 5.92 Å². The summed E-state index contributed by atoms with van der Waals surface area (Å²) < 4.78 is 31.5. The van der Waals surface area contributed by atoms with Gasteiger partial charge in [0, 0.05) is 44.9 Å². The normalized spacial score (nSPS) is 16.3. The molecule has 1 saturated heterocycles. The highest BCUT2D eigenvalue weighted by atomic mass is 32.2. The second-order valence-corrected chi connectivity index (χ2v) is 11.2. The Hall–Kier alpha value is -3.38. The monoisotopic (exact) mass is 499 g/mol. The number of rotatable bonds is 8. The lowest BCUT2D eigenvalue weighted by molar-refractivity contribution is -0.117. The topological polar surface area (TPSA) is 133 Å². The van der Waals surface area contributed by atoms with Crippen LogP contribution in [0.2, 0.25) is 0 Å². The van der Waals surface area contributed by atoms with Crippen molar-refractivity contribution in [1.82, 2.24) is 15.0 Å². The molecule has 1 aliphatic carbocycles. The van der Waals surface area contributed by atoms with E-state index in [1.165, 1.54) is 17.6 Å². The van der Waals surface area contributed by atoms with Crippen LogP contribution in [0.15, 0.2) is 24.3 Å². The number of nitrogens with one attached hydrogen (secondary N) is 3. The van der Waals surface area contributed by atoms with Gasteiger partial charge in [-0.15, -0.1) is 0 Å². The average Bonchev–Trinajstić information content (AvgIpc) is 3.54. The van der Waals surface area contributed by atoms with Crippen molar-refractivity contribution in [1.29, 1.82) is 0 Å². The van der Waals surface area contributed by atoms with Gasteiger partial charge in [0.25, 0.3) is 0 Å². The Morgan fingerprint density at radius 1 is 1.20 bits per heavy atom. The van der Waals surface area contributed by atoms with E-state index < -0.39 is 10.0 Å². The summed E-state index contributed by atoms with van der Waals surface area (Å²) >= 11 is 0. The summed E-state index contributed by atoms with van der Waals surface area (Å²) in [7, 11) is -0.314. The fraction of sp³-hybridized carbons (Fsp3) is 0.435. The molecule has 0 spiro atoms. The summed E-state index contributed by atoms with van der Waals surface area (Å²) in [6, 6.07) is 7.36. The minimum absolute atomic E-state index is 0.0363. The maximum absolute atomic E-state index is 12.4. The van der Waals surface area contributed by atoms with Gasteiger partial charge in [-0.2, -0.15) is 0 Å². The summed E-state index contributed by atoms with van der Waals surface area (Å²) in [4.78, 5) is 26.6. The predicted molar refractivity (Wildman–Crippen MR) is 136 cm³/mol. The number of benzene rings is 1. The molecule has 5 rings (SSSR count). The number of fused-ring (bicyclic) bond motifs is 1. The van der Waals surface area contributed by atoms with Gasteiger partial charge < -0.3 is 25.3 Å². The third kappa shape index (κ3) is 4.76. The summed E-state index contributed by atoms with van der Waals surface area (Å²) in [6.45, 7) is 3.31. The SMILES string of the molecule is COC1CN(c2ccc(Nc3cc(NC(=O)C4CC4)nc4[nH]c(C)nc34)c(N(C)S(C)(=O)=O)c2)C1. The van der Waals surface area contributed by atoms with Crippen LogP contribution in [-0.2, 0) is 19.6 Å². The van der Waals surface area contributed by atoms with Crippen LogP contribution in [0.4, 0.5) is 28.6 Å². The molecule has 12 heteroatoms. The number of aryl methyl sites for hydroxylation is 1. The standard InChI is InChI=1S/C23H29N7O4S/c1-13-24-21-18(10-20(27-22(21)25-13)28-23(31)14-5-6-14)26-17-8-7-15(30-11-16(12-30)34-3)9-19(17)29(2)35(4,32)33/h7-10,14,16H,5-6,11-12H2,1-4H3,(H3,24,25,26,27,28,31). The molecular weight excluding hydrogens is 470 g/mol. The van der Waals surface area contributed by atoms with E-state index in [0.29, 0.717) is 39.9 Å². The first kappa shape index (κ1) is 23.4. The number of pyridine rings is 1. The van der Waals surface area contributed by atoms with Crippen molar-refractivity contribution in [2.45, 2.75) is 25.9 Å². The Morgan fingerprint density at radius 2 is 1.94 bits per heavy atom. The number of hydrogen-bond donors (Lipinski definition) is 3. The zero-order valence-electron chi connectivity index (χ0n) is 20.1. The number of aromatic amines is 1. The van der Waals surface area contributed by atoms with E-state index >= 15 is 0 Å². The fourth-order valence-electron chi connectivity index (χ4n) is 4.04. The van der Waals surface area contributed by atoms with Crippen molar-refractivity contribution in [2.75, 3.05) is 53.3 Å². The Bertz CT molecular complexity index is 1390. The summed E-state index contributed by atoms with van der Waals surface area (Å²) in [5, 5.41) is 6.22. The van der Waals surface area contributed by atoms with Gasteiger partial charge in [0.2, 0.25) is 15.9 Å². The zero-order valence-corrected chi connectivity index (χ0v) is 20.9. The summed E-state index contributed by atoms with van der Waals surface area (Å²) in [5.74, 6) is 1.07. The molecule has 2 fully saturated rings. The summed E-state index contributed by atoms with van der Waals surface area (Å²) in [5.41, 5.74) is 3.70. The van der Waals surface area contributed by atoms with Crippen LogP contribution in [0, 0.1) is 12.8 Å². The molecule has 11 nitrogen and oxygen atoms in total. The number of hydrogen-bond acceptors (Lipinski definition) is 8. The first-order valence-corrected chi connectivity index (χ1v) is 13.3. The van der Waals surface area contributed by atoms with Crippen LogP contribution in [0.1, 0.15) is 18.7 Å². The maximum Gasteiger partial charge on any atom is 0.232 e. The van der Waals surface area contributed by atoms with Gasteiger partial charge in [-0.1, -0.05) is 0 Å². The number of carbonyl (C=O) groups is 1. The Balaban J connectivity index is 1.53. The van der Waals surface area contributed by atoms with Gasteiger partial charge >= 0.3 is 0 Å². The minimum atomic E-state index is -3.52. The molecule has 0 atom stereocenters. The first-order chi connectivity index (χ1) is 16.6. The van der Waals surface area contributed by atoms with E-state index in [1.807, 2.05) is 25.1 Å². The molecule has 1 aliphatic heterocycles. The third-order valence-corrected chi connectivity index (χ3v) is 7.60. The van der Waals surface area contributed by atoms with E-state index in [-0.39, 0.29) is 17.9 Å². The third-order valence-electron chi connectivity index (χ3n) is 6.40. The van der Waals surface area contributed by atoms with Crippen molar-refractivity contribution in [3.8, 4) is 0 Å². The molecule has 0 unspecified atom stereocenters. The van der Waals surface area contributed by atoms with Crippen LogP contribution in [0.5, 0.6) is 0 Å². The molecule has 1 saturated carbocycles. The molecule has 3 heterocycles. The summed E-state index contributed by atoms with van der Waals surface area (Å²) in [6.07, 6.45) is 3.11. The highest BCUT2D eigenvalue weighted by Gasteiger charge is 2.30. The molecule has 3 aromatic rings. The van der Waals surface area contributed by atoms with Crippen molar-refractivity contribution < 1.29 is 17.9 Å². The highest BCUT2D eigenvalue weighted by molar-refractivity contribution is 7.92. The van der Waals surface area contributed by atoms with E-state index in [9.17, 15) is 13.2 Å². The number of sulfonamides is 1. The Labute approximate surface area is 203 Å². The van der Waals surface area contributed by atoms with Crippen molar-refractivity contribution in [3.05, 3.63) is 30.1 Å². The number of amides is 1. The van der Waals surface area contributed by atoms with Gasteiger partial charge in [-0.25, -0.2) is 18.4 Å². The lowest BCUT2D eigenvalue weighted by atomic mass is 10.1. The fourth-order valence-corrected chi connectivity index (χ4v) is 4.55. The number of methoxy groups -OCH3 is 1. The van der Waals surface area contributed by atoms with Gasteiger partial charge in [0.05, 0.1) is 29.4 Å². The number of ether oxygens (including phenoxy) is 1. The van der Waals surface area contributed by atoms with E-state index in [1.54, 1.807) is 13.2 Å². The molecule has 1 amide bonds. The van der Waals surface area contributed by atoms with Crippen LogP contribution >= 0.6 is 0 Å². The number of imidazole rings is 1. The molecule has 1 aromatic carbocycles. The number of aromatic nitrogens is 3. The first-order valence-electron chi connectivity index (χ1n) is 11.4. The van der Waals surface area contributed by atoms with Crippen LogP contribution < -0.4 is 19.8 Å². The van der Waals surface area contributed by atoms with Crippen LogP contribution in [-0.4, -0.2) is 68.9 Å². The second kappa shape index (κ2) is 8.68. The predicted octanol–water partition coefficient (Wildman–Crippen LogP) is 2.59. The number of nitrogens with zero attached hydrogens (tertiary/aromatic N) is 4. The molecule has 0 bridgehead atoms. The van der Waals surface area contributed by atoms with Gasteiger partial charge in [0.1, 0.15) is 17.2 Å². The molecule has 2 aromatic heterocycles. The zero-order chi connectivity index (χ0) is 24.9. The largest absolute Gasteiger partial charge is 0.378 e. The lowest BCUT2D eigenvalue weighted by Gasteiger charge is -2.40. The average molecular weight is 500 g/mol. The number of anilines is 5. The molecule has 0 radical (unpaired) electrons. The molecule has 35 heavy (non-hydrogen) atoms. The number of H-pyrrole nitrogens is 1. The smallest absolute Gasteiger partial charge is 0.232 e. The quantitative estimate of drug-likeness (QED) is 0.431. The van der Waals surface area contributed by atoms with Crippen molar-refractivity contribution in [3.63, 3.8) is 0 Å². The van der Waals surface area contributed by atoms with E-state index in [0.717, 1.165) is 31.6 Å². The van der Waals surface area contributed by atoms with E-state index in [2.05, 4.69) is 30.5 Å². The van der Waals surface area contributed by atoms with Gasteiger partial charge in [0.15, 0.2) is 5.65 Å². The Morgan fingerprint density at radius 3 is 2.60 bits per heavy atom. The maximum atomic E-state index is 12.4. The molecule has 2 aliphatic rings. The van der Waals surface area contributed by atoms with Gasteiger partial charge in [-0.3, -0.25) is 9.10 Å². The van der Waals surface area contributed by atoms with Gasteiger partial charge in [-0.05, 0) is 38.0 Å².